The van der Waals surface area contributed by atoms with Gasteiger partial charge >= 0.3 is 5.97 Å². The molecule has 0 spiro atoms. The van der Waals surface area contributed by atoms with Crippen LogP contribution < -0.4 is 14.4 Å². The van der Waals surface area contributed by atoms with Gasteiger partial charge in [-0.3, -0.25) is 19.2 Å². The summed E-state index contributed by atoms with van der Waals surface area (Å²) >= 11 is 2.21. The van der Waals surface area contributed by atoms with E-state index in [9.17, 15) is 18.0 Å². The molecule has 1 N–H and O–H groups in total. The van der Waals surface area contributed by atoms with Crippen molar-refractivity contribution >= 4 is 55.8 Å². The van der Waals surface area contributed by atoms with Gasteiger partial charge in [-0.25, -0.2) is 8.42 Å². The number of nitrogens with zero attached hydrogens (tertiary/aromatic N) is 3. The number of rotatable bonds is 7. The minimum atomic E-state index is -3.93. The summed E-state index contributed by atoms with van der Waals surface area (Å²) in [7, 11) is -2.64. The van der Waals surface area contributed by atoms with E-state index in [0.717, 1.165) is 23.1 Å². The molecule has 1 amide bonds. The largest absolute Gasteiger partial charge is 0.476 e. The Bertz CT molecular complexity index is 1270. The lowest BCUT2D eigenvalue weighted by molar-refractivity contribution is -0.137. The van der Waals surface area contributed by atoms with Gasteiger partial charge < -0.3 is 9.47 Å². The number of para-hydroxylation sites is 2. The summed E-state index contributed by atoms with van der Waals surface area (Å²) in [4.78, 5) is 24.3. The van der Waals surface area contributed by atoms with E-state index in [1.54, 1.807) is 42.5 Å². The van der Waals surface area contributed by atoms with Crippen LogP contribution in [0.15, 0.2) is 63.8 Å². The number of esters is 1. The van der Waals surface area contributed by atoms with E-state index < -0.39 is 28.0 Å². The summed E-state index contributed by atoms with van der Waals surface area (Å²) < 4.78 is 38.6. The van der Waals surface area contributed by atoms with Crippen molar-refractivity contribution in [2.45, 2.75) is 15.3 Å². The van der Waals surface area contributed by atoms with Crippen molar-refractivity contribution in [3.8, 4) is 5.75 Å². The van der Waals surface area contributed by atoms with Gasteiger partial charge in [0, 0.05) is 0 Å². The fourth-order valence-corrected chi connectivity index (χ4v) is 6.05. The van der Waals surface area contributed by atoms with Crippen LogP contribution in [-0.2, 0) is 24.3 Å². The minimum absolute atomic E-state index is 0.0634. The first kappa shape index (κ1) is 23.0. The predicted molar refractivity (Wildman–Crippen MR) is 123 cm³/mol. The number of thioether (sulfide) groups is 1. The monoisotopic (exact) mass is 506 g/mol. The third-order valence-corrected chi connectivity index (χ3v) is 8.28. The molecule has 1 aliphatic heterocycles. The molecule has 4 rings (SSSR count). The Morgan fingerprint density at radius 3 is 2.67 bits per heavy atom. The van der Waals surface area contributed by atoms with Gasteiger partial charge in [0.2, 0.25) is 5.13 Å². The highest BCUT2D eigenvalue weighted by Gasteiger charge is 2.37. The van der Waals surface area contributed by atoms with E-state index in [-0.39, 0.29) is 28.1 Å². The summed E-state index contributed by atoms with van der Waals surface area (Å²) in [6.07, 6.45) is -1.12. The number of carbonyl (C=O) groups is 2. The van der Waals surface area contributed by atoms with Crippen LogP contribution in [0.4, 0.5) is 10.8 Å². The zero-order chi connectivity index (χ0) is 23.4. The third kappa shape index (κ3) is 5.10. The van der Waals surface area contributed by atoms with Crippen LogP contribution in [-0.4, -0.2) is 56.0 Å². The molecule has 3 aromatic rings. The summed E-state index contributed by atoms with van der Waals surface area (Å²) in [6.45, 7) is -0.219. The van der Waals surface area contributed by atoms with E-state index in [1.165, 1.54) is 23.5 Å². The van der Waals surface area contributed by atoms with Gasteiger partial charge in [-0.1, -0.05) is 53.4 Å². The lowest BCUT2D eigenvalue weighted by Gasteiger charge is -2.34. The fourth-order valence-electron chi connectivity index (χ4n) is 2.97. The topological polar surface area (TPSA) is 128 Å². The average molecular weight is 507 g/mol. The maximum atomic E-state index is 13.3. The normalized spacial score (nSPS) is 15.3. The quantitative estimate of drug-likeness (QED) is 0.292. The van der Waals surface area contributed by atoms with E-state index in [1.807, 2.05) is 0 Å². The maximum absolute atomic E-state index is 13.3. The Labute approximate surface area is 198 Å². The second-order valence-electron chi connectivity index (χ2n) is 6.65. The first-order valence-corrected chi connectivity index (χ1v) is 12.8. The number of hydrogen-bond donors (Lipinski definition) is 1. The van der Waals surface area contributed by atoms with Crippen molar-refractivity contribution < 1.29 is 27.5 Å². The molecule has 1 aliphatic rings. The smallest absolute Gasteiger partial charge is 0.316 e. The number of sulfonamides is 1. The molecule has 1 atom stereocenters. The van der Waals surface area contributed by atoms with E-state index in [4.69, 9.17) is 4.74 Å². The SMILES string of the molecule is COC(=O)CSc1nnc(NC(=O)[C@H]2CN(S(=O)(=O)c3ccccc3)c3ccccc3O2)s1. The van der Waals surface area contributed by atoms with Crippen LogP contribution in [0.2, 0.25) is 0 Å². The molecule has 1 aromatic heterocycles. The van der Waals surface area contributed by atoms with Crippen LogP contribution in [0, 0.1) is 0 Å². The van der Waals surface area contributed by atoms with Gasteiger partial charge in [-0.2, -0.15) is 0 Å². The van der Waals surface area contributed by atoms with Crippen molar-refractivity contribution in [3.05, 3.63) is 54.6 Å². The number of ether oxygens (including phenoxy) is 2. The Hall–Kier alpha value is -3.16. The highest BCUT2D eigenvalue weighted by Crippen LogP contribution is 2.37. The molecular weight excluding hydrogens is 488 g/mol. The molecule has 0 unspecified atom stereocenters. The second kappa shape index (κ2) is 9.77. The summed E-state index contributed by atoms with van der Waals surface area (Å²) in [5, 5.41) is 10.6. The lowest BCUT2D eigenvalue weighted by atomic mass is 10.2. The van der Waals surface area contributed by atoms with E-state index >= 15 is 0 Å². The standard InChI is InChI=1S/C20H18N4O6S3/c1-29-17(25)12-31-20-23-22-19(32-20)21-18(26)16-11-24(14-9-5-6-10-15(14)30-16)33(27,28)13-7-3-2-4-8-13/h2-10,16H,11-12H2,1H3,(H,21,22,26)/t16-/m1/s1. The molecule has 0 radical (unpaired) electrons. The van der Waals surface area contributed by atoms with Crippen molar-refractivity contribution in [3.63, 3.8) is 0 Å². The third-order valence-electron chi connectivity index (χ3n) is 4.54. The van der Waals surface area contributed by atoms with E-state index in [0.29, 0.717) is 10.0 Å². The highest BCUT2D eigenvalue weighted by molar-refractivity contribution is 8.01. The summed E-state index contributed by atoms with van der Waals surface area (Å²) in [6, 6.07) is 14.6. The average Bonchev–Trinajstić information content (AvgIpc) is 3.29. The highest BCUT2D eigenvalue weighted by atomic mass is 32.2. The van der Waals surface area contributed by atoms with Crippen molar-refractivity contribution in [1.29, 1.82) is 0 Å². The van der Waals surface area contributed by atoms with Gasteiger partial charge in [0.15, 0.2) is 10.4 Å². The van der Waals surface area contributed by atoms with Crippen LogP contribution >= 0.6 is 23.1 Å². The zero-order valence-corrected chi connectivity index (χ0v) is 19.7. The molecule has 0 bridgehead atoms. The molecular formula is C20H18N4O6S3. The number of hydrogen-bond acceptors (Lipinski definition) is 10. The summed E-state index contributed by atoms with van der Waals surface area (Å²) in [5.41, 5.74) is 0.350. The molecule has 0 aliphatic carbocycles. The number of amides is 1. The Morgan fingerprint density at radius 2 is 1.91 bits per heavy atom. The van der Waals surface area contributed by atoms with Crippen LogP contribution in [0.1, 0.15) is 0 Å². The number of anilines is 2. The molecule has 0 saturated heterocycles. The Kier molecular flexibility index (Phi) is 6.81. The number of fused-ring (bicyclic) bond motifs is 1. The van der Waals surface area contributed by atoms with Gasteiger partial charge in [0.05, 0.1) is 30.0 Å². The second-order valence-corrected chi connectivity index (χ2v) is 10.7. The van der Waals surface area contributed by atoms with E-state index in [2.05, 4.69) is 20.3 Å². The predicted octanol–water partition coefficient (Wildman–Crippen LogP) is 2.40. The van der Waals surface area contributed by atoms with Gasteiger partial charge in [0.25, 0.3) is 15.9 Å². The van der Waals surface area contributed by atoms with Gasteiger partial charge in [-0.15, -0.1) is 10.2 Å². The maximum Gasteiger partial charge on any atom is 0.316 e. The number of aromatic nitrogens is 2. The number of nitrogens with one attached hydrogen (secondary N) is 1. The molecule has 172 valence electrons. The van der Waals surface area contributed by atoms with Crippen LogP contribution in [0.5, 0.6) is 5.75 Å². The molecule has 0 fully saturated rings. The van der Waals surface area contributed by atoms with Gasteiger partial charge in [-0.05, 0) is 24.3 Å². The molecule has 33 heavy (non-hydrogen) atoms. The first-order chi connectivity index (χ1) is 15.9. The van der Waals surface area contributed by atoms with Gasteiger partial charge in [0.1, 0.15) is 5.75 Å². The number of methoxy groups -OCH3 is 1. The molecule has 2 heterocycles. The van der Waals surface area contributed by atoms with Crippen LogP contribution in [0.25, 0.3) is 0 Å². The lowest BCUT2D eigenvalue weighted by Crippen LogP contribution is -2.48. The van der Waals surface area contributed by atoms with Crippen molar-refractivity contribution in [2.75, 3.05) is 29.0 Å². The molecule has 13 heteroatoms. The zero-order valence-electron chi connectivity index (χ0n) is 17.2. The Morgan fingerprint density at radius 1 is 1.18 bits per heavy atom. The molecule has 10 nitrogen and oxygen atoms in total. The summed E-state index contributed by atoms with van der Waals surface area (Å²) in [5.74, 6) is -0.642. The van der Waals surface area contributed by atoms with Crippen LogP contribution in [0.3, 0.4) is 0 Å². The number of benzene rings is 2. The molecule has 0 saturated carbocycles. The fraction of sp³-hybridized carbons (Fsp3) is 0.200. The van der Waals surface area contributed by atoms with Crippen molar-refractivity contribution in [2.24, 2.45) is 0 Å². The molecule has 2 aromatic carbocycles. The number of carbonyl (C=O) groups excluding carboxylic acids is 2. The minimum Gasteiger partial charge on any atom is -0.476 e. The Balaban J connectivity index is 1.53. The first-order valence-electron chi connectivity index (χ1n) is 9.56. The van der Waals surface area contributed by atoms with Crippen molar-refractivity contribution in [1.82, 2.24) is 10.2 Å².